The summed E-state index contributed by atoms with van der Waals surface area (Å²) in [5.41, 5.74) is 1.25. The van der Waals surface area contributed by atoms with Crippen molar-refractivity contribution in [1.29, 1.82) is 0 Å². The maximum Gasteiger partial charge on any atom is 0.410 e. The van der Waals surface area contributed by atoms with Crippen LogP contribution in [0.15, 0.2) is 30.3 Å². The number of hydrogen-bond donors (Lipinski definition) is 0. The highest BCUT2D eigenvalue weighted by molar-refractivity contribution is 5.70. The number of hydrogen-bond acceptors (Lipinski definition) is 2. The first-order chi connectivity index (χ1) is 7.68. The van der Waals surface area contributed by atoms with Gasteiger partial charge >= 0.3 is 6.09 Å². The van der Waals surface area contributed by atoms with E-state index in [2.05, 4.69) is 12.1 Å². The van der Waals surface area contributed by atoms with E-state index in [1.54, 1.807) is 0 Å². The first-order valence-corrected chi connectivity index (χ1v) is 5.67. The number of carbonyl (C=O) groups excluding carboxylic acids is 1. The molecule has 1 saturated heterocycles. The maximum atomic E-state index is 11.5. The van der Waals surface area contributed by atoms with Gasteiger partial charge in [0.05, 0.1) is 6.04 Å². The summed E-state index contributed by atoms with van der Waals surface area (Å²) in [5, 5.41) is 0. The van der Waals surface area contributed by atoms with Crippen LogP contribution in [0.25, 0.3) is 0 Å². The molecule has 3 heteroatoms. The van der Waals surface area contributed by atoms with Gasteiger partial charge in [0, 0.05) is 6.04 Å². The molecule has 1 aliphatic heterocycles. The molecule has 1 aliphatic rings. The lowest BCUT2D eigenvalue weighted by molar-refractivity contribution is 0.149. The van der Waals surface area contributed by atoms with Crippen molar-refractivity contribution in [2.24, 2.45) is 0 Å². The molecule has 86 valence electrons. The zero-order chi connectivity index (χ0) is 11.5. The number of rotatable bonds is 3. The van der Waals surface area contributed by atoms with Crippen molar-refractivity contribution in [2.75, 3.05) is 6.61 Å². The summed E-state index contributed by atoms with van der Waals surface area (Å²) in [6, 6.07) is 10.6. The topological polar surface area (TPSA) is 29.5 Å². The highest BCUT2D eigenvalue weighted by Crippen LogP contribution is 2.19. The summed E-state index contributed by atoms with van der Waals surface area (Å²) in [7, 11) is 0. The maximum absolute atomic E-state index is 11.5. The Hall–Kier alpha value is -1.51. The van der Waals surface area contributed by atoms with E-state index in [9.17, 15) is 4.79 Å². The van der Waals surface area contributed by atoms with E-state index in [4.69, 9.17) is 4.74 Å². The first kappa shape index (κ1) is 11.0. The predicted octanol–water partition coefficient (Wildman–Crippen LogP) is 2.46. The molecule has 1 atom stereocenters. The van der Waals surface area contributed by atoms with Crippen LogP contribution in [0.3, 0.4) is 0 Å². The van der Waals surface area contributed by atoms with E-state index < -0.39 is 0 Å². The van der Waals surface area contributed by atoms with Crippen LogP contribution in [0.4, 0.5) is 4.79 Å². The van der Waals surface area contributed by atoms with E-state index in [0.29, 0.717) is 6.61 Å². The van der Waals surface area contributed by atoms with Crippen LogP contribution in [-0.4, -0.2) is 29.7 Å². The molecule has 16 heavy (non-hydrogen) atoms. The van der Waals surface area contributed by atoms with Crippen LogP contribution in [0, 0.1) is 0 Å². The fourth-order valence-electron chi connectivity index (χ4n) is 2.15. The average molecular weight is 219 g/mol. The van der Waals surface area contributed by atoms with Gasteiger partial charge in [0.2, 0.25) is 0 Å². The second-order valence-corrected chi connectivity index (χ2v) is 4.42. The Morgan fingerprint density at radius 2 is 2.06 bits per heavy atom. The third kappa shape index (κ3) is 2.18. The van der Waals surface area contributed by atoms with Crippen molar-refractivity contribution in [3.63, 3.8) is 0 Å². The van der Waals surface area contributed by atoms with E-state index >= 15 is 0 Å². The Kier molecular flexibility index (Phi) is 3.13. The minimum Gasteiger partial charge on any atom is -0.447 e. The SMILES string of the molecule is CC(C)N1C(=O)OCC1Cc1ccccc1. The minimum atomic E-state index is -0.184. The predicted molar refractivity (Wildman–Crippen MR) is 62.3 cm³/mol. The summed E-state index contributed by atoms with van der Waals surface area (Å²) >= 11 is 0. The summed E-state index contributed by atoms with van der Waals surface area (Å²) in [5.74, 6) is 0. The average Bonchev–Trinajstić information content (AvgIpc) is 2.61. The monoisotopic (exact) mass is 219 g/mol. The molecule has 2 rings (SSSR count). The summed E-state index contributed by atoms with van der Waals surface area (Å²) in [6.07, 6.45) is 0.682. The molecule has 1 aromatic carbocycles. The smallest absolute Gasteiger partial charge is 0.410 e. The number of nitrogens with zero attached hydrogens (tertiary/aromatic N) is 1. The lowest BCUT2D eigenvalue weighted by atomic mass is 10.1. The van der Waals surface area contributed by atoms with Crippen molar-refractivity contribution >= 4 is 6.09 Å². The van der Waals surface area contributed by atoms with Crippen LogP contribution < -0.4 is 0 Å². The number of carbonyl (C=O) groups is 1. The highest BCUT2D eigenvalue weighted by Gasteiger charge is 2.34. The van der Waals surface area contributed by atoms with Gasteiger partial charge in [0.1, 0.15) is 6.61 Å². The lowest BCUT2D eigenvalue weighted by Gasteiger charge is -2.25. The molecule has 1 aromatic rings. The van der Waals surface area contributed by atoms with Gasteiger partial charge in [-0.15, -0.1) is 0 Å². The second-order valence-electron chi connectivity index (χ2n) is 4.42. The largest absolute Gasteiger partial charge is 0.447 e. The molecule has 0 aromatic heterocycles. The Morgan fingerprint density at radius 1 is 1.38 bits per heavy atom. The van der Waals surface area contributed by atoms with Crippen LogP contribution in [0.2, 0.25) is 0 Å². The lowest BCUT2D eigenvalue weighted by Crippen LogP contribution is -2.40. The first-order valence-electron chi connectivity index (χ1n) is 5.67. The second kappa shape index (κ2) is 4.56. The van der Waals surface area contributed by atoms with Gasteiger partial charge in [-0.05, 0) is 25.8 Å². The number of amides is 1. The minimum absolute atomic E-state index is 0.176. The highest BCUT2D eigenvalue weighted by atomic mass is 16.6. The van der Waals surface area contributed by atoms with Crippen molar-refractivity contribution in [3.05, 3.63) is 35.9 Å². The molecular weight excluding hydrogens is 202 g/mol. The molecular formula is C13H17NO2. The zero-order valence-electron chi connectivity index (χ0n) is 9.72. The van der Waals surface area contributed by atoms with Crippen LogP contribution >= 0.6 is 0 Å². The summed E-state index contributed by atoms with van der Waals surface area (Å²) in [4.78, 5) is 13.3. The third-order valence-electron chi connectivity index (χ3n) is 2.87. The van der Waals surface area contributed by atoms with Gasteiger partial charge in [0.25, 0.3) is 0 Å². The van der Waals surface area contributed by atoms with E-state index in [1.165, 1.54) is 5.56 Å². The molecule has 0 N–H and O–H groups in total. The Morgan fingerprint density at radius 3 is 2.69 bits per heavy atom. The molecule has 1 unspecified atom stereocenters. The van der Waals surface area contributed by atoms with Crippen LogP contribution in [-0.2, 0) is 11.2 Å². The van der Waals surface area contributed by atoms with Gasteiger partial charge < -0.3 is 4.74 Å². The fourth-order valence-corrected chi connectivity index (χ4v) is 2.15. The van der Waals surface area contributed by atoms with Gasteiger partial charge in [-0.1, -0.05) is 30.3 Å². The van der Waals surface area contributed by atoms with Crippen molar-refractivity contribution in [1.82, 2.24) is 4.90 Å². The van der Waals surface area contributed by atoms with Gasteiger partial charge in [0.15, 0.2) is 0 Å². The van der Waals surface area contributed by atoms with Crippen molar-refractivity contribution < 1.29 is 9.53 Å². The molecule has 0 radical (unpaired) electrons. The normalized spacial score (nSPS) is 20.3. The molecule has 0 spiro atoms. The number of ether oxygens (including phenoxy) is 1. The Labute approximate surface area is 96.0 Å². The summed E-state index contributed by atoms with van der Waals surface area (Å²) in [6.45, 7) is 4.54. The van der Waals surface area contributed by atoms with E-state index in [0.717, 1.165) is 6.42 Å². The molecule has 3 nitrogen and oxygen atoms in total. The van der Waals surface area contributed by atoms with Crippen molar-refractivity contribution in [2.45, 2.75) is 32.4 Å². The fraction of sp³-hybridized carbons (Fsp3) is 0.462. The zero-order valence-corrected chi connectivity index (χ0v) is 9.72. The molecule has 1 amide bonds. The molecule has 0 aliphatic carbocycles. The molecule has 1 fully saturated rings. The van der Waals surface area contributed by atoms with Gasteiger partial charge in [-0.3, -0.25) is 4.90 Å². The Balaban J connectivity index is 2.07. The van der Waals surface area contributed by atoms with Crippen molar-refractivity contribution in [3.8, 4) is 0 Å². The summed E-state index contributed by atoms with van der Waals surface area (Å²) < 4.78 is 5.10. The number of benzene rings is 1. The van der Waals surface area contributed by atoms with Crippen LogP contribution in [0.1, 0.15) is 19.4 Å². The van der Waals surface area contributed by atoms with Gasteiger partial charge in [-0.25, -0.2) is 4.79 Å². The Bertz CT molecular complexity index is 361. The van der Waals surface area contributed by atoms with Crippen LogP contribution in [0.5, 0.6) is 0 Å². The van der Waals surface area contributed by atoms with E-state index in [-0.39, 0.29) is 18.2 Å². The third-order valence-corrected chi connectivity index (χ3v) is 2.87. The molecule has 1 heterocycles. The quantitative estimate of drug-likeness (QED) is 0.781. The standard InChI is InChI=1S/C13H17NO2/c1-10(2)14-12(9-16-13(14)15)8-11-6-4-3-5-7-11/h3-7,10,12H,8-9H2,1-2H3. The van der Waals surface area contributed by atoms with Gasteiger partial charge in [-0.2, -0.15) is 0 Å². The molecule has 0 bridgehead atoms. The number of cyclic esters (lactones) is 1. The molecule has 0 saturated carbocycles. The van der Waals surface area contributed by atoms with E-state index in [1.807, 2.05) is 36.9 Å².